The van der Waals surface area contributed by atoms with Gasteiger partial charge in [0, 0.05) is 5.02 Å². The van der Waals surface area contributed by atoms with Gasteiger partial charge < -0.3 is 9.67 Å². The minimum absolute atomic E-state index is 0.229. The molecular formula is C17H12ClNO3. The number of aromatic carboxylic acids is 1. The van der Waals surface area contributed by atoms with E-state index in [4.69, 9.17) is 11.6 Å². The van der Waals surface area contributed by atoms with Crippen LogP contribution in [0.25, 0.3) is 10.9 Å². The molecule has 110 valence electrons. The molecule has 0 aliphatic heterocycles. The molecular weight excluding hydrogens is 302 g/mol. The molecule has 0 unspecified atom stereocenters. The Labute approximate surface area is 131 Å². The fraction of sp³-hybridized carbons (Fsp3) is 0.0588. The zero-order chi connectivity index (χ0) is 15.7. The summed E-state index contributed by atoms with van der Waals surface area (Å²) in [6.45, 7) is 0.289. The summed E-state index contributed by atoms with van der Waals surface area (Å²) in [5.74, 6) is -1.22. The second-order valence-corrected chi connectivity index (χ2v) is 5.38. The maximum atomic E-state index is 12.5. The summed E-state index contributed by atoms with van der Waals surface area (Å²) in [5, 5.41) is 10.5. The van der Waals surface area contributed by atoms with E-state index < -0.39 is 11.5 Å². The summed E-state index contributed by atoms with van der Waals surface area (Å²) >= 11 is 5.86. The Morgan fingerprint density at radius 2 is 1.77 bits per heavy atom. The van der Waals surface area contributed by atoms with Gasteiger partial charge in [0.25, 0.3) is 5.56 Å². The van der Waals surface area contributed by atoms with Crippen molar-refractivity contribution in [3.63, 3.8) is 0 Å². The van der Waals surface area contributed by atoms with Gasteiger partial charge in [-0.15, -0.1) is 0 Å². The van der Waals surface area contributed by atoms with E-state index >= 15 is 0 Å². The predicted octanol–water partition coefficient (Wildman–Crippen LogP) is 3.40. The number of pyridine rings is 1. The maximum absolute atomic E-state index is 12.5. The summed E-state index contributed by atoms with van der Waals surface area (Å²) in [6.07, 6.45) is 0. The smallest absolute Gasteiger partial charge is 0.341 e. The lowest BCUT2D eigenvalue weighted by Gasteiger charge is -2.12. The predicted molar refractivity (Wildman–Crippen MR) is 85.7 cm³/mol. The average Bonchev–Trinajstić information content (AvgIpc) is 2.51. The highest BCUT2D eigenvalue weighted by Gasteiger charge is 2.14. The van der Waals surface area contributed by atoms with E-state index in [1.54, 1.807) is 24.3 Å². The average molecular weight is 314 g/mol. The quantitative estimate of drug-likeness (QED) is 0.806. The number of carbonyl (C=O) groups is 1. The van der Waals surface area contributed by atoms with Crippen LogP contribution in [0.4, 0.5) is 0 Å². The van der Waals surface area contributed by atoms with E-state index in [-0.39, 0.29) is 12.1 Å². The number of para-hydroxylation sites is 1. The van der Waals surface area contributed by atoms with E-state index in [9.17, 15) is 14.7 Å². The number of aromatic nitrogens is 1. The van der Waals surface area contributed by atoms with Crippen molar-refractivity contribution < 1.29 is 9.90 Å². The van der Waals surface area contributed by atoms with Gasteiger partial charge in [0.1, 0.15) is 5.56 Å². The standard InChI is InChI=1S/C17H12ClNO3/c18-13-7-5-11(6-8-13)10-19-15-4-2-1-3-12(15)9-14(16(19)20)17(21)22/h1-9H,10H2,(H,21,22). The van der Waals surface area contributed by atoms with Gasteiger partial charge in [-0.25, -0.2) is 4.79 Å². The molecule has 0 radical (unpaired) electrons. The van der Waals surface area contributed by atoms with Crippen molar-refractivity contribution in [3.05, 3.63) is 81.1 Å². The third-order valence-electron chi connectivity index (χ3n) is 3.49. The molecule has 0 fully saturated rings. The Hall–Kier alpha value is -2.59. The Morgan fingerprint density at radius 3 is 2.45 bits per heavy atom. The molecule has 0 saturated heterocycles. The van der Waals surface area contributed by atoms with Crippen LogP contribution >= 0.6 is 11.6 Å². The first kappa shape index (κ1) is 14.4. The van der Waals surface area contributed by atoms with Crippen molar-refractivity contribution in [2.45, 2.75) is 6.54 Å². The van der Waals surface area contributed by atoms with E-state index in [1.807, 2.05) is 24.3 Å². The lowest BCUT2D eigenvalue weighted by atomic mass is 10.1. The normalized spacial score (nSPS) is 10.8. The maximum Gasteiger partial charge on any atom is 0.341 e. The third-order valence-corrected chi connectivity index (χ3v) is 3.74. The van der Waals surface area contributed by atoms with Crippen molar-refractivity contribution in [1.82, 2.24) is 4.57 Å². The highest BCUT2D eigenvalue weighted by Crippen LogP contribution is 2.16. The van der Waals surface area contributed by atoms with E-state index in [0.717, 1.165) is 5.56 Å². The molecule has 0 atom stereocenters. The fourth-order valence-electron chi connectivity index (χ4n) is 2.41. The Kier molecular flexibility index (Phi) is 3.69. The fourth-order valence-corrected chi connectivity index (χ4v) is 2.54. The minimum atomic E-state index is -1.22. The number of nitrogens with zero attached hydrogens (tertiary/aromatic N) is 1. The number of fused-ring (bicyclic) bond motifs is 1. The number of halogens is 1. The molecule has 0 aliphatic rings. The summed E-state index contributed by atoms with van der Waals surface area (Å²) in [7, 11) is 0. The second-order valence-electron chi connectivity index (χ2n) is 4.94. The van der Waals surface area contributed by atoms with Gasteiger partial charge in [0.05, 0.1) is 12.1 Å². The van der Waals surface area contributed by atoms with E-state index in [1.165, 1.54) is 10.6 Å². The molecule has 4 nitrogen and oxygen atoms in total. The van der Waals surface area contributed by atoms with Gasteiger partial charge in [0.15, 0.2) is 0 Å². The van der Waals surface area contributed by atoms with Crippen LogP contribution < -0.4 is 5.56 Å². The van der Waals surface area contributed by atoms with Gasteiger partial charge in [-0.05, 0) is 35.2 Å². The number of benzene rings is 2. The third kappa shape index (κ3) is 2.61. The largest absolute Gasteiger partial charge is 0.477 e. The molecule has 3 rings (SSSR count). The number of carboxylic acids is 1. The van der Waals surface area contributed by atoms with Crippen LogP contribution in [-0.4, -0.2) is 15.6 Å². The number of hydrogen-bond acceptors (Lipinski definition) is 2. The Bertz CT molecular complexity index is 913. The Balaban J connectivity index is 2.22. The molecule has 1 aromatic heterocycles. The highest BCUT2D eigenvalue weighted by molar-refractivity contribution is 6.30. The Morgan fingerprint density at radius 1 is 1.09 bits per heavy atom. The summed E-state index contributed by atoms with van der Waals surface area (Å²) < 4.78 is 1.47. The van der Waals surface area contributed by atoms with Crippen molar-refractivity contribution in [1.29, 1.82) is 0 Å². The molecule has 1 heterocycles. The lowest BCUT2D eigenvalue weighted by Crippen LogP contribution is -2.27. The monoisotopic (exact) mass is 313 g/mol. The molecule has 0 bridgehead atoms. The molecule has 22 heavy (non-hydrogen) atoms. The van der Waals surface area contributed by atoms with Gasteiger partial charge in [-0.1, -0.05) is 41.9 Å². The van der Waals surface area contributed by atoms with Crippen LogP contribution in [0.2, 0.25) is 5.02 Å². The molecule has 0 spiro atoms. The van der Waals surface area contributed by atoms with Gasteiger partial charge >= 0.3 is 5.97 Å². The van der Waals surface area contributed by atoms with Crippen molar-refractivity contribution in [2.75, 3.05) is 0 Å². The summed E-state index contributed by atoms with van der Waals surface area (Å²) in [5.41, 5.74) is 0.834. The number of carboxylic acid groups (broad SMARTS) is 1. The molecule has 5 heteroatoms. The molecule has 0 amide bonds. The molecule has 3 aromatic rings. The second kappa shape index (κ2) is 5.66. The number of rotatable bonds is 3. The minimum Gasteiger partial charge on any atom is -0.477 e. The van der Waals surface area contributed by atoms with Gasteiger partial charge in [-0.2, -0.15) is 0 Å². The first-order chi connectivity index (χ1) is 10.6. The lowest BCUT2D eigenvalue weighted by molar-refractivity contribution is 0.0694. The van der Waals surface area contributed by atoms with Crippen LogP contribution in [0.5, 0.6) is 0 Å². The summed E-state index contributed by atoms with van der Waals surface area (Å²) in [6, 6.07) is 15.8. The summed E-state index contributed by atoms with van der Waals surface area (Å²) in [4.78, 5) is 23.7. The SMILES string of the molecule is O=C(O)c1cc2ccccc2n(Cc2ccc(Cl)cc2)c1=O. The van der Waals surface area contributed by atoms with Crippen LogP contribution in [0.1, 0.15) is 15.9 Å². The molecule has 2 aromatic carbocycles. The topological polar surface area (TPSA) is 59.3 Å². The van der Waals surface area contributed by atoms with Crippen LogP contribution in [-0.2, 0) is 6.54 Å². The van der Waals surface area contributed by atoms with Crippen LogP contribution in [0.3, 0.4) is 0 Å². The first-order valence-corrected chi connectivity index (χ1v) is 7.04. The van der Waals surface area contributed by atoms with E-state index in [2.05, 4.69) is 0 Å². The first-order valence-electron chi connectivity index (χ1n) is 6.66. The van der Waals surface area contributed by atoms with Crippen LogP contribution in [0.15, 0.2) is 59.4 Å². The molecule has 1 N–H and O–H groups in total. The zero-order valence-corrected chi connectivity index (χ0v) is 12.2. The highest BCUT2D eigenvalue weighted by atomic mass is 35.5. The van der Waals surface area contributed by atoms with Crippen molar-refractivity contribution in [3.8, 4) is 0 Å². The zero-order valence-electron chi connectivity index (χ0n) is 11.5. The number of hydrogen-bond donors (Lipinski definition) is 1. The van der Waals surface area contributed by atoms with Gasteiger partial charge in [0.2, 0.25) is 0 Å². The molecule has 0 aliphatic carbocycles. The molecule has 0 saturated carbocycles. The van der Waals surface area contributed by atoms with E-state index in [0.29, 0.717) is 15.9 Å². The van der Waals surface area contributed by atoms with Gasteiger partial charge in [-0.3, -0.25) is 4.79 Å². The van der Waals surface area contributed by atoms with Crippen molar-refractivity contribution >= 4 is 28.5 Å². The van der Waals surface area contributed by atoms with Crippen molar-refractivity contribution in [2.24, 2.45) is 0 Å². The van der Waals surface area contributed by atoms with Crippen LogP contribution in [0, 0.1) is 0 Å².